The zero-order valence-electron chi connectivity index (χ0n) is 21.5. The Labute approximate surface area is 230 Å². The van der Waals surface area contributed by atoms with Crippen molar-refractivity contribution in [1.29, 1.82) is 0 Å². The van der Waals surface area contributed by atoms with Crippen molar-refractivity contribution in [1.82, 2.24) is 29.9 Å². The molecule has 1 aliphatic carbocycles. The Bertz CT molecular complexity index is 2120. The fourth-order valence-corrected chi connectivity index (χ4v) is 6.76. The summed E-state index contributed by atoms with van der Waals surface area (Å²) in [7, 11) is 1.24. The number of aliphatic hydroxyl groups is 2. The maximum absolute atomic E-state index is 13.3. The number of para-hydroxylation sites is 2. The summed E-state index contributed by atoms with van der Waals surface area (Å²) in [4.78, 5) is 41.9. The lowest BCUT2D eigenvalue weighted by Gasteiger charge is -2.21. The lowest BCUT2D eigenvalue weighted by Crippen LogP contribution is -2.30. The number of carbonyl (C=O) groups is 3. The second kappa shape index (κ2) is 8.22. The second-order valence-corrected chi connectivity index (χ2v) is 10.5. The Morgan fingerprint density at radius 1 is 0.951 bits per heavy atom. The number of ether oxygens (including phenoxy) is 1. The van der Waals surface area contributed by atoms with Crippen molar-refractivity contribution in [2.24, 2.45) is 0 Å². The summed E-state index contributed by atoms with van der Waals surface area (Å²) in [5.74, 6) is -1.60. The van der Waals surface area contributed by atoms with Crippen LogP contribution in [0.1, 0.15) is 49.7 Å². The number of hydrogen-bond donors (Lipinski definition) is 4. The van der Waals surface area contributed by atoms with Gasteiger partial charge in [-0.15, -0.1) is 5.10 Å². The van der Waals surface area contributed by atoms with Gasteiger partial charge in [-0.05, 0) is 18.6 Å². The first kappa shape index (κ1) is 23.8. The van der Waals surface area contributed by atoms with Gasteiger partial charge >= 0.3 is 5.97 Å². The molecule has 3 aromatic carbocycles. The van der Waals surface area contributed by atoms with Crippen LogP contribution in [0.25, 0.3) is 43.6 Å². The Balaban J connectivity index is 1.44. The maximum atomic E-state index is 13.3. The van der Waals surface area contributed by atoms with Gasteiger partial charge in [0.2, 0.25) is 0 Å². The highest BCUT2D eigenvalue weighted by atomic mass is 16.5. The van der Waals surface area contributed by atoms with E-state index in [1.807, 2.05) is 53.1 Å². The minimum absolute atomic E-state index is 0.0134. The molecule has 0 spiro atoms. The summed E-state index contributed by atoms with van der Waals surface area (Å²) in [6, 6.07) is 13.7. The van der Waals surface area contributed by atoms with Crippen LogP contribution >= 0.6 is 0 Å². The highest BCUT2D eigenvalue weighted by molar-refractivity contribution is 6.39. The molecule has 0 saturated heterocycles. The molecular formula is C29H22N6O6. The number of imide groups is 1. The fourth-order valence-electron chi connectivity index (χ4n) is 6.76. The highest BCUT2D eigenvalue weighted by Crippen LogP contribution is 2.48. The number of nitrogens with zero attached hydrogens (tertiary/aromatic N) is 4. The topological polar surface area (TPSA) is 164 Å². The second-order valence-electron chi connectivity index (χ2n) is 10.5. The molecule has 12 nitrogen and oxygen atoms in total. The van der Waals surface area contributed by atoms with E-state index >= 15 is 0 Å². The van der Waals surface area contributed by atoms with E-state index in [1.54, 1.807) is 0 Å². The number of nitrogens with one attached hydrogen (secondary N) is 2. The number of aromatic nitrogens is 5. The number of esters is 1. The van der Waals surface area contributed by atoms with Gasteiger partial charge in [0.1, 0.15) is 12.2 Å². The van der Waals surface area contributed by atoms with Gasteiger partial charge in [0.15, 0.2) is 5.69 Å². The molecule has 0 bridgehead atoms. The molecule has 4 heterocycles. The molecule has 41 heavy (non-hydrogen) atoms. The Morgan fingerprint density at radius 2 is 1.63 bits per heavy atom. The standard InChI is InChI=1S/C29H22N6O6/c1-41-29(40)15-11-34(33-32-15)17-10-18(26(37)25(17)36)35-16-9-5-3-7-13(16)20-22-21(27(38)31-28(22)39)19-12-6-2-4-8-14(12)30-23(19)24(20)35/h2-9,11,17-18,25-26,30,36-37H,10H2,1H3,(H,31,38,39)/t17?,18?,25-,26+/m1/s1. The van der Waals surface area contributed by atoms with Crippen molar-refractivity contribution in [3.63, 3.8) is 0 Å². The van der Waals surface area contributed by atoms with Crippen molar-refractivity contribution in [3.05, 3.63) is 71.5 Å². The summed E-state index contributed by atoms with van der Waals surface area (Å²) in [6.07, 6.45) is -0.836. The first-order valence-electron chi connectivity index (χ1n) is 13.1. The molecule has 8 rings (SSSR count). The quantitative estimate of drug-likeness (QED) is 0.193. The summed E-state index contributed by atoms with van der Waals surface area (Å²) in [5, 5.41) is 35.8. The van der Waals surface area contributed by atoms with Crippen LogP contribution in [0, 0.1) is 0 Å². The maximum Gasteiger partial charge on any atom is 0.360 e. The average molecular weight is 551 g/mol. The third-order valence-electron chi connectivity index (χ3n) is 8.48. The third-order valence-corrected chi connectivity index (χ3v) is 8.48. The van der Waals surface area contributed by atoms with E-state index in [9.17, 15) is 24.6 Å². The molecule has 2 unspecified atom stereocenters. The van der Waals surface area contributed by atoms with E-state index in [0.29, 0.717) is 32.9 Å². The van der Waals surface area contributed by atoms with E-state index < -0.39 is 42.1 Å². The molecule has 2 amide bonds. The first-order valence-corrected chi connectivity index (χ1v) is 13.1. The lowest BCUT2D eigenvalue weighted by molar-refractivity contribution is 0.00761. The Morgan fingerprint density at radius 3 is 2.41 bits per heavy atom. The minimum atomic E-state index is -1.24. The molecule has 12 heteroatoms. The molecule has 1 aliphatic heterocycles. The largest absolute Gasteiger partial charge is 0.464 e. The van der Waals surface area contributed by atoms with Crippen molar-refractivity contribution in [3.8, 4) is 0 Å². The summed E-state index contributed by atoms with van der Waals surface area (Å²) in [6.45, 7) is 0. The van der Waals surface area contributed by atoms with Gasteiger partial charge in [-0.1, -0.05) is 41.6 Å². The van der Waals surface area contributed by atoms with E-state index in [0.717, 1.165) is 21.8 Å². The number of aromatic amines is 1. The van der Waals surface area contributed by atoms with E-state index in [4.69, 9.17) is 4.74 Å². The number of rotatable bonds is 3. The molecule has 204 valence electrons. The first-order chi connectivity index (χ1) is 19.9. The SMILES string of the molecule is COC(=O)c1cn(C2CC(n3c4ccccc4c4c5c(c6c7ccccc7[nH]c6c43)C(=O)NC5=O)[C@H](O)[C@@H]2O)nn1. The van der Waals surface area contributed by atoms with Gasteiger partial charge in [-0.25, -0.2) is 9.48 Å². The van der Waals surface area contributed by atoms with Crippen LogP contribution in [0.3, 0.4) is 0 Å². The van der Waals surface area contributed by atoms with Gasteiger partial charge in [-0.2, -0.15) is 0 Å². The van der Waals surface area contributed by atoms with Crippen molar-refractivity contribution >= 4 is 61.4 Å². The van der Waals surface area contributed by atoms with Crippen LogP contribution in [0.5, 0.6) is 0 Å². The molecule has 1 saturated carbocycles. The normalized spacial score (nSPS) is 22.3. The van der Waals surface area contributed by atoms with Gasteiger partial charge in [-0.3, -0.25) is 14.9 Å². The molecule has 1 fully saturated rings. The number of fused-ring (bicyclic) bond motifs is 10. The van der Waals surface area contributed by atoms with Gasteiger partial charge in [0, 0.05) is 32.6 Å². The minimum Gasteiger partial charge on any atom is -0.464 e. The number of carbonyl (C=O) groups excluding carboxylic acids is 3. The number of aliphatic hydroxyl groups excluding tert-OH is 2. The number of H-pyrrole nitrogens is 1. The smallest absolute Gasteiger partial charge is 0.360 e. The van der Waals surface area contributed by atoms with Crippen LogP contribution in [-0.2, 0) is 4.74 Å². The lowest BCUT2D eigenvalue weighted by atomic mass is 9.96. The fraction of sp³-hybridized carbons (Fsp3) is 0.207. The highest BCUT2D eigenvalue weighted by Gasteiger charge is 2.46. The number of methoxy groups -OCH3 is 1. The number of amides is 2. The Kier molecular flexibility index (Phi) is 4.77. The predicted molar refractivity (Wildman–Crippen MR) is 147 cm³/mol. The Hall–Kier alpha value is -5.07. The van der Waals surface area contributed by atoms with E-state index in [-0.39, 0.29) is 12.1 Å². The van der Waals surface area contributed by atoms with Crippen LogP contribution in [0.2, 0.25) is 0 Å². The number of hydrogen-bond acceptors (Lipinski definition) is 8. The van der Waals surface area contributed by atoms with Gasteiger partial charge in [0.05, 0.1) is 47.6 Å². The molecule has 4 N–H and O–H groups in total. The van der Waals surface area contributed by atoms with Crippen molar-refractivity contribution in [2.75, 3.05) is 7.11 Å². The zero-order valence-corrected chi connectivity index (χ0v) is 21.5. The molecule has 4 atom stereocenters. The number of benzene rings is 3. The third kappa shape index (κ3) is 3.02. The molecule has 0 radical (unpaired) electrons. The summed E-state index contributed by atoms with van der Waals surface area (Å²) < 4.78 is 8.04. The molecule has 3 aromatic heterocycles. The molecular weight excluding hydrogens is 528 g/mol. The van der Waals surface area contributed by atoms with Crippen molar-refractivity contribution in [2.45, 2.75) is 30.7 Å². The average Bonchev–Trinajstić information content (AvgIpc) is 3.78. The van der Waals surface area contributed by atoms with Crippen LogP contribution in [0.4, 0.5) is 0 Å². The van der Waals surface area contributed by atoms with Gasteiger partial charge < -0.3 is 24.5 Å². The van der Waals surface area contributed by atoms with Crippen LogP contribution < -0.4 is 5.32 Å². The summed E-state index contributed by atoms with van der Waals surface area (Å²) >= 11 is 0. The monoisotopic (exact) mass is 550 g/mol. The van der Waals surface area contributed by atoms with E-state index in [1.165, 1.54) is 18.0 Å². The summed E-state index contributed by atoms with van der Waals surface area (Å²) in [5.41, 5.74) is 3.42. The molecule has 2 aliphatic rings. The van der Waals surface area contributed by atoms with Crippen LogP contribution in [0.15, 0.2) is 54.7 Å². The van der Waals surface area contributed by atoms with Crippen molar-refractivity contribution < 1.29 is 29.3 Å². The zero-order chi connectivity index (χ0) is 28.2. The van der Waals surface area contributed by atoms with Gasteiger partial charge in [0.25, 0.3) is 11.8 Å². The van der Waals surface area contributed by atoms with Crippen LogP contribution in [-0.4, -0.2) is 71.9 Å². The van der Waals surface area contributed by atoms with E-state index in [2.05, 4.69) is 20.6 Å². The molecule has 6 aromatic rings. The predicted octanol–water partition coefficient (Wildman–Crippen LogP) is 2.60.